The van der Waals surface area contributed by atoms with Gasteiger partial charge in [-0.3, -0.25) is 4.90 Å². The summed E-state index contributed by atoms with van der Waals surface area (Å²) in [6, 6.07) is 2.20. The van der Waals surface area contributed by atoms with Gasteiger partial charge >= 0.3 is 6.03 Å². The molecule has 0 radical (unpaired) electrons. The van der Waals surface area contributed by atoms with Gasteiger partial charge in [0.1, 0.15) is 0 Å². The molecule has 1 aliphatic heterocycles. The number of urea groups is 1. The lowest BCUT2D eigenvalue weighted by atomic mass is 9.97. The van der Waals surface area contributed by atoms with Crippen LogP contribution in [0, 0.1) is 0 Å². The Labute approximate surface area is 143 Å². The highest BCUT2D eigenvalue weighted by molar-refractivity contribution is 7.10. The summed E-state index contributed by atoms with van der Waals surface area (Å²) >= 11 is 1.87. The van der Waals surface area contributed by atoms with Crippen LogP contribution in [0.1, 0.15) is 42.5 Å². The number of carbonyl (C=O) groups is 1. The minimum Gasteiger partial charge on any atom is -0.338 e. The number of thiophene rings is 1. The maximum absolute atomic E-state index is 11.8. The van der Waals surface area contributed by atoms with Crippen LogP contribution in [0.5, 0.6) is 0 Å². The summed E-state index contributed by atoms with van der Waals surface area (Å²) in [5.41, 5.74) is 2.97. The highest BCUT2D eigenvalue weighted by atomic mass is 32.1. The van der Waals surface area contributed by atoms with Crippen molar-refractivity contribution in [2.75, 3.05) is 26.2 Å². The molecule has 0 spiro atoms. The molecule has 23 heavy (non-hydrogen) atoms. The molecule has 1 aromatic heterocycles. The number of hydrogen-bond donors (Lipinski definition) is 2. The molecule has 0 saturated heterocycles. The Morgan fingerprint density at radius 3 is 3.00 bits per heavy atom. The zero-order valence-electron chi connectivity index (χ0n) is 13.8. The maximum atomic E-state index is 11.8. The molecule has 0 unspecified atom stereocenters. The van der Waals surface area contributed by atoms with E-state index in [1.54, 1.807) is 0 Å². The molecule has 3 rings (SSSR count). The summed E-state index contributed by atoms with van der Waals surface area (Å²) in [6.45, 7) is 4.52. The topological polar surface area (TPSA) is 44.4 Å². The van der Waals surface area contributed by atoms with Crippen LogP contribution in [-0.4, -0.2) is 37.1 Å². The number of allylic oxidation sites excluding steroid dienone is 1. The number of hydrogen-bond acceptors (Lipinski definition) is 3. The predicted octanol–water partition coefficient (Wildman–Crippen LogP) is 3.30. The van der Waals surface area contributed by atoms with Crippen molar-refractivity contribution >= 4 is 17.4 Å². The molecule has 1 aliphatic carbocycles. The number of nitrogens with one attached hydrogen (secondary N) is 2. The van der Waals surface area contributed by atoms with Crippen LogP contribution < -0.4 is 10.6 Å². The van der Waals surface area contributed by atoms with Gasteiger partial charge in [-0.05, 0) is 55.5 Å². The van der Waals surface area contributed by atoms with Gasteiger partial charge < -0.3 is 10.6 Å². The van der Waals surface area contributed by atoms with Crippen molar-refractivity contribution in [2.24, 2.45) is 0 Å². The van der Waals surface area contributed by atoms with Crippen molar-refractivity contribution in [3.63, 3.8) is 0 Å². The van der Waals surface area contributed by atoms with Crippen molar-refractivity contribution in [2.45, 2.75) is 45.1 Å². The second-order valence-corrected chi connectivity index (χ2v) is 7.44. The second-order valence-electron chi connectivity index (χ2n) is 6.44. The third-order valence-corrected chi connectivity index (χ3v) is 5.74. The van der Waals surface area contributed by atoms with Gasteiger partial charge in [0, 0.05) is 37.6 Å². The first-order valence-electron chi connectivity index (χ1n) is 8.78. The van der Waals surface area contributed by atoms with Crippen LogP contribution in [0.3, 0.4) is 0 Å². The zero-order valence-corrected chi connectivity index (χ0v) is 14.6. The Kier molecular flexibility index (Phi) is 6.11. The molecule has 0 fully saturated rings. The van der Waals surface area contributed by atoms with Gasteiger partial charge in [0.25, 0.3) is 0 Å². The standard InChI is InChI=1S/C18H27N3OS/c22-18(19-9-6-15-4-2-1-3-5-15)20-10-12-21-11-7-17-16(14-21)8-13-23-17/h4,8,13H,1-3,5-7,9-12,14H2,(H2,19,20,22). The Bertz CT molecular complexity index is 552. The summed E-state index contributed by atoms with van der Waals surface area (Å²) in [7, 11) is 0. The van der Waals surface area contributed by atoms with Gasteiger partial charge in [0.05, 0.1) is 0 Å². The monoisotopic (exact) mass is 333 g/mol. The quantitative estimate of drug-likeness (QED) is 0.785. The van der Waals surface area contributed by atoms with E-state index in [2.05, 4.69) is 33.1 Å². The van der Waals surface area contributed by atoms with Crippen LogP contribution in [0.4, 0.5) is 4.79 Å². The van der Waals surface area contributed by atoms with E-state index in [-0.39, 0.29) is 6.03 Å². The zero-order chi connectivity index (χ0) is 15.9. The Morgan fingerprint density at radius 2 is 2.13 bits per heavy atom. The highest BCUT2D eigenvalue weighted by Gasteiger charge is 2.16. The predicted molar refractivity (Wildman–Crippen MR) is 95.9 cm³/mol. The Hall–Kier alpha value is -1.33. The van der Waals surface area contributed by atoms with Crippen LogP contribution in [0.2, 0.25) is 0 Å². The van der Waals surface area contributed by atoms with Gasteiger partial charge in [0.15, 0.2) is 0 Å². The Balaban J connectivity index is 1.27. The molecule has 0 aromatic carbocycles. The Morgan fingerprint density at radius 1 is 1.22 bits per heavy atom. The fraction of sp³-hybridized carbons (Fsp3) is 0.611. The van der Waals surface area contributed by atoms with Gasteiger partial charge in [-0.1, -0.05) is 11.6 Å². The molecule has 0 saturated carbocycles. The minimum absolute atomic E-state index is 0.0327. The number of fused-ring (bicyclic) bond motifs is 1. The summed E-state index contributed by atoms with van der Waals surface area (Å²) < 4.78 is 0. The molecule has 1 aromatic rings. The van der Waals surface area contributed by atoms with Crippen LogP contribution in [-0.2, 0) is 13.0 Å². The molecule has 4 nitrogen and oxygen atoms in total. The lowest BCUT2D eigenvalue weighted by molar-refractivity contribution is 0.231. The van der Waals surface area contributed by atoms with Crippen molar-refractivity contribution in [3.8, 4) is 0 Å². The van der Waals surface area contributed by atoms with Crippen molar-refractivity contribution in [1.29, 1.82) is 0 Å². The lowest BCUT2D eigenvalue weighted by Gasteiger charge is -2.26. The number of amides is 2. The minimum atomic E-state index is -0.0327. The lowest BCUT2D eigenvalue weighted by Crippen LogP contribution is -2.41. The summed E-state index contributed by atoms with van der Waals surface area (Å²) in [4.78, 5) is 15.8. The summed E-state index contributed by atoms with van der Waals surface area (Å²) in [6.07, 6.45) is 9.54. The molecular formula is C18H27N3OS. The van der Waals surface area contributed by atoms with Crippen molar-refractivity contribution < 1.29 is 4.79 Å². The first kappa shape index (κ1) is 16.5. The molecule has 2 aliphatic rings. The molecule has 126 valence electrons. The van der Waals surface area contributed by atoms with Crippen LogP contribution in [0.25, 0.3) is 0 Å². The summed E-state index contributed by atoms with van der Waals surface area (Å²) in [5.74, 6) is 0. The molecule has 5 heteroatoms. The number of rotatable bonds is 6. The van der Waals surface area contributed by atoms with E-state index in [9.17, 15) is 4.79 Å². The average Bonchev–Trinajstić information content (AvgIpc) is 3.03. The number of nitrogens with zero attached hydrogens (tertiary/aromatic N) is 1. The average molecular weight is 334 g/mol. The molecule has 0 atom stereocenters. The molecule has 0 bridgehead atoms. The smallest absolute Gasteiger partial charge is 0.314 e. The van der Waals surface area contributed by atoms with Crippen LogP contribution >= 0.6 is 11.3 Å². The van der Waals surface area contributed by atoms with Gasteiger partial charge in [0.2, 0.25) is 0 Å². The fourth-order valence-corrected chi connectivity index (χ4v) is 4.25. The van der Waals surface area contributed by atoms with E-state index in [1.165, 1.54) is 41.7 Å². The molecule has 2 N–H and O–H groups in total. The normalized spacial score (nSPS) is 18.2. The molecular weight excluding hydrogens is 306 g/mol. The van der Waals surface area contributed by atoms with E-state index in [4.69, 9.17) is 0 Å². The SMILES string of the molecule is O=C(NCCC1=CCCCC1)NCCN1CCc2sccc2C1. The summed E-state index contributed by atoms with van der Waals surface area (Å²) in [5, 5.41) is 8.13. The third kappa shape index (κ3) is 5.08. The van der Waals surface area contributed by atoms with E-state index in [1.807, 2.05) is 11.3 Å². The van der Waals surface area contributed by atoms with Crippen LogP contribution in [0.15, 0.2) is 23.1 Å². The highest BCUT2D eigenvalue weighted by Crippen LogP contribution is 2.23. The maximum Gasteiger partial charge on any atom is 0.314 e. The number of carbonyl (C=O) groups excluding carboxylic acids is 1. The van der Waals surface area contributed by atoms with Gasteiger partial charge in [-0.15, -0.1) is 11.3 Å². The molecule has 2 heterocycles. The third-order valence-electron chi connectivity index (χ3n) is 4.72. The van der Waals surface area contributed by atoms with Crippen molar-refractivity contribution in [1.82, 2.24) is 15.5 Å². The second kappa shape index (κ2) is 8.50. The van der Waals surface area contributed by atoms with Gasteiger partial charge in [-0.25, -0.2) is 4.79 Å². The molecule has 2 amide bonds. The fourth-order valence-electron chi connectivity index (χ4n) is 3.36. The van der Waals surface area contributed by atoms with E-state index >= 15 is 0 Å². The van der Waals surface area contributed by atoms with Gasteiger partial charge in [-0.2, -0.15) is 0 Å². The van der Waals surface area contributed by atoms with E-state index in [0.717, 1.165) is 39.0 Å². The first-order chi connectivity index (χ1) is 11.3. The first-order valence-corrected chi connectivity index (χ1v) is 9.66. The van der Waals surface area contributed by atoms with E-state index < -0.39 is 0 Å². The van der Waals surface area contributed by atoms with Crippen molar-refractivity contribution in [3.05, 3.63) is 33.5 Å². The largest absolute Gasteiger partial charge is 0.338 e. The van der Waals surface area contributed by atoms with E-state index in [0.29, 0.717) is 6.54 Å².